The van der Waals surface area contributed by atoms with Gasteiger partial charge in [-0.15, -0.1) is 0 Å². The second-order valence-corrected chi connectivity index (χ2v) is 5.36. The van der Waals surface area contributed by atoms with E-state index < -0.39 is 11.8 Å². The average molecular weight is 336 g/mol. The molecule has 0 atom stereocenters. The normalized spacial score (nSPS) is 10.4. The quantitative estimate of drug-likeness (QED) is 0.406. The molecule has 0 fully saturated rings. The Morgan fingerprint density at radius 1 is 0.760 bits per heavy atom. The zero-order valence-corrected chi connectivity index (χ0v) is 13.3. The van der Waals surface area contributed by atoms with Crippen LogP contribution >= 0.6 is 0 Å². The van der Waals surface area contributed by atoms with Gasteiger partial charge < -0.3 is 14.6 Å². The minimum atomic E-state index is -1.47. The number of rotatable bonds is 7. The third-order valence-corrected chi connectivity index (χ3v) is 3.65. The summed E-state index contributed by atoms with van der Waals surface area (Å²) in [6.45, 7) is 0.702. The van der Waals surface area contributed by atoms with Gasteiger partial charge in [-0.1, -0.05) is 30.3 Å². The van der Waals surface area contributed by atoms with Gasteiger partial charge in [0.1, 0.15) is 24.7 Å². The Morgan fingerprint density at radius 2 is 1.36 bits per heavy atom. The van der Waals surface area contributed by atoms with Gasteiger partial charge in [-0.05, 0) is 47.2 Å². The van der Waals surface area contributed by atoms with Crippen LogP contribution in [0.5, 0.6) is 11.5 Å². The van der Waals surface area contributed by atoms with Crippen LogP contribution in [0, 0.1) is 0 Å². The van der Waals surface area contributed by atoms with Gasteiger partial charge in [0.2, 0.25) is 0 Å². The Kier molecular flexibility index (Phi) is 4.95. The van der Waals surface area contributed by atoms with E-state index in [2.05, 4.69) is 0 Å². The molecule has 0 amide bonds. The van der Waals surface area contributed by atoms with Crippen molar-refractivity contribution in [3.05, 3.63) is 72.3 Å². The number of ether oxygens (including phenoxy) is 2. The first-order valence-electron chi connectivity index (χ1n) is 7.75. The van der Waals surface area contributed by atoms with Crippen LogP contribution in [0.15, 0.2) is 66.7 Å². The summed E-state index contributed by atoms with van der Waals surface area (Å²) >= 11 is 0. The van der Waals surface area contributed by atoms with E-state index in [9.17, 15) is 9.59 Å². The number of carboxylic acids is 1. The SMILES string of the molecule is O=C(O)C(=O)c1ccc(OCCOc2ccc3ccccc3c2)cc1. The van der Waals surface area contributed by atoms with Crippen molar-refractivity contribution in [3.63, 3.8) is 0 Å². The summed E-state index contributed by atoms with van der Waals surface area (Å²) in [6.07, 6.45) is 0. The lowest BCUT2D eigenvalue weighted by atomic mass is 10.1. The van der Waals surface area contributed by atoms with E-state index in [1.807, 2.05) is 42.5 Å². The van der Waals surface area contributed by atoms with Crippen LogP contribution in [0.25, 0.3) is 10.8 Å². The first-order valence-corrected chi connectivity index (χ1v) is 7.75. The second-order valence-electron chi connectivity index (χ2n) is 5.36. The summed E-state index contributed by atoms with van der Waals surface area (Å²) < 4.78 is 11.2. The average Bonchev–Trinajstić information content (AvgIpc) is 2.65. The van der Waals surface area contributed by atoms with Crippen molar-refractivity contribution in [2.45, 2.75) is 0 Å². The van der Waals surface area contributed by atoms with Crippen molar-refractivity contribution in [2.24, 2.45) is 0 Å². The molecule has 0 spiro atoms. The molecule has 3 aromatic rings. The van der Waals surface area contributed by atoms with Crippen molar-refractivity contribution < 1.29 is 24.2 Å². The van der Waals surface area contributed by atoms with Gasteiger partial charge in [0.15, 0.2) is 0 Å². The standard InChI is InChI=1S/C20H16O5/c21-19(20(22)23)15-6-8-17(9-7-15)24-11-12-25-18-10-5-14-3-1-2-4-16(14)13-18/h1-10,13H,11-12H2,(H,22,23). The molecule has 25 heavy (non-hydrogen) atoms. The first kappa shape index (κ1) is 16.5. The Hall–Kier alpha value is -3.34. The molecule has 3 aromatic carbocycles. The maximum atomic E-state index is 11.3. The smallest absolute Gasteiger partial charge is 0.377 e. The van der Waals surface area contributed by atoms with E-state index in [1.165, 1.54) is 12.1 Å². The topological polar surface area (TPSA) is 72.8 Å². The summed E-state index contributed by atoms with van der Waals surface area (Å²) in [7, 11) is 0. The molecule has 0 aromatic heterocycles. The van der Waals surface area contributed by atoms with Crippen LogP contribution in [-0.4, -0.2) is 30.1 Å². The molecule has 0 heterocycles. The summed E-state index contributed by atoms with van der Waals surface area (Å²) in [4.78, 5) is 21.9. The fraction of sp³-hybridized carbons (Fsp3) is 0.100. The van der Waals surface area contributed by atoms with Gasteiger partial charge in [-0.3, -0.25) is 4.79 Å². The molecule has 5 heteroatoms. The Labute approximate surface area is 144 Å². The molecule has 5 nitrogen and oxygen atoms in total. The van der Waals surface area contributed by atoms with Crippen LogP contribution in [0.4, 0.5) is 0 Å². The molecular formula is C20H16O5. The minimum Gasteiger partial charge on any atom is -0.490 e. The molecule has 0 aliphatic rings. The summed E-state index contributed by atoms with van der Waals surface area (Å²) in [6, 6.07) is 19.9. The first-order chi connectivity index (χ1) is 12.1. The van der Waals surface area contributed by atoms with Gasteiger partial charge in [-0.2, -0.15) is 0 Å². The number of hydrogen-bond donors (Lipinski definition) is 1. The highest BCUT2D eigenvalue weighted by atomic mass is 16.5. The van der Waals surface area contributed by atoms with Crippen molar-refractivity contribution in [1.82, 2.24) is 0 Å². The summed E-state index contributed by atoms with van der Waals surface area (Å²) in [5, 5.41) is 10.9. The number of aliphatic carboxylic acids is 1. The van der Waals surface area contributed by atoms with Crippen molar-refractivity contribution >= 4 is 22.5 Å². The van der Waals surface area contributed by atoms with E-state index in [1.54, 1.807) is 12.1 Å². The number of benzene rings is 3. The molecule has 0 saturated heterocycles. The fourth-order valence-corrected chi connectivity index (χ4v) is 2.40. The Balaban J connectivity index is 1.50. The number of hydrogen-bond acceptors (Lipinski definition) is 4. The maximum Gasteiger partial charge on any atom is 0.377 e. The molecule has 0 aliphatic heterocycles. The molecule has 0 unspecified atom stereocenters. The molecular weight excluding hydrogens is 320 g/mol. The fourth-order valence-electron chi connectivity index (χ4n) is 2.40. The summed E-state index contributed by atoms with van der Waals surface area (Å²) in [5.41, 5.74) is 0.118. The van der Waals surface area contributed by atoms with Crippen molar-refractivity contribution in [3.8, 4) is 11.5 Å². The molecule has 1 N–H and O–H groups in total. The minimum absolute atomic E-state index is 0.118. The summed E-state index contributed by atoms with van der Waals surface area (Å²) in [5.74, 6) is -1.10. The van der Waals surface area contributed by atoms with E-state index in [4.69, 9.17) is 14.6 Å². The number of carbonyl (C=O) groups is 2. The highest BCUT2D eigenvalue weighted by Crippen LogP contribution is 2.20. The highest BCUT2D eigenvalue weighted by Gasteiger charge is 2.13. The number of carboxylic acid groups (broad SMARTS) is 1. The third-order valence-electron chi connectivity index (χ3n) is 3.65. The van der Waals surface area contributed by atoms with Gasteiger partial charge in [0.25, 0.3) is 5.78 Å². The molecule has 126 valence electrons. The third kappa shape index (κ3) is 4.14. The molecule has 0 bridgehead atoms. The van der Waals surface area contributed by atoms with Crippen LogP contribution in [-0.2, 0) is 4.79 Å². The molecule has 3 rings (SSSR count). The van der Waals surface area contributed by atoms with E-state index in [0.29, 0.717) is 19.0 Å². The van der Waals surface area contributed by atoms with Crippen molar-refractivity contribution in [2.75, 3.05) is 13.2 Å². The predicted octanol–water partition coefficient (Wildman–Crippen LogP) is 3.56. The van der Waals surface area contributed by atoms with Crippen LogP contribution in [0.3, 0.4) is 0 Å². The largest absolute Gasteiger partial charge is 0.490 e. The van der Waals surface area contributed by atoms with Crippen LogP contribution < -0.4 is 9.47 Å². The highest BCUT2D eigenvalue weighted by molar-refractivity contribution is 6.39. The van der Waals surface area contributed by atoms with E-state index in [-0.39, 0.29) is 5.56 Å². The lowest BCUT2D eigenvalue weighted by molar-refractivity contribution is -0.131. The lowest BCUT2D eigenvalue weighted by Crippen LogP contribution is -2.12. The zero-order valence-electron chi connectivity index (χ0n) is 13.3. The number of Topliss-reactive ketones (excluding diaryl/α,β-unsaturated/α-hetero) is 1. The monoisotopic (exact) mass is 336 g/mol. The van der Waals surface area contributed by atoms with Gasteiger partial charge in [0.05, 0.1) is 0 Å². The number of carbonyl (C=O) groups excluding carboxylic acids is 1. The molecule has 0 aliphatic carbocycles. The van der Waals surface area contributed by atoms with E-state index in [0.717, 1.165) is 16.5 Å². The molecule has 0 saturated carbocycles. The lowest BCUT2D eigenvalue weighted by Gasteiger charge is -2.09. The number of fused-ring (bicyclic) bond motifs is 1. The van der Waals surface area contributed by atoms with Gasteiger partial charge in [-0.25, -0.2) is 4.79 Å². The van der Waals surface area contributed by atoms with Gasteiger partial charge in [0, 0.05) is 5.56 Å². The van der Waals surface area contributed by atoms with Crippen LogP contribution in [0.2, 0.25) is 0 Å². The molecule has 0 radical (unpaired) electrons. The Morgan fingerprint density at radius 3 is 2.04 bits per heavy atom. The van der Waals surface area contributed by atoms with E-state index >= 15 is 0 Å². The second kappa shape index (κ2) is 7.49. The maximum absolute atomic E-state index is 11.3. The van der Waals surface area contributed by atoms with Crippen molar-refractivity contribution in [1.29, 1.82) is 0 Å². The Bertz CT molecular complexity index is 899. The number of ketones is 1. The predicted molar refractivity (Wildman–Crippen MR) is 93.3 cm³/mol. The zero-order chi connectivity index (χ0) is 17.6. The van der Waals surface area contributed by atoms with Gasteiger partial charge >= 0.3 is 5.97 Å². The van der Waals surface area contributed by atoms with Crippen LogP contribution in [0.1, 0.15) is 10.4 Å².